The van der Waals surface area contributed by atoms with Crippen LogP contribution in [-0.2, 0) is 0 Å². The molecule has 9 heteroatoms. The SMILES string of the molecule is FC(F)(F)Oc1cccc(Nc2nc(-c3cncnc3)nc3ccccc23)c1. The minimum Gasteiger partial charge on any atom is -0.406 e. The number of alkyl halides is 3. The lowest BCUT2D eigenvalue weighted by molar-refractivity contribution is -0.274. The second kappa shape index (κ2) is 7.10. The number of nitrogens with zero attached hydrogens (tertiary/aromatic N) is 4. The van der Waals surface area contributed by atoms with Crippen molar-refractivity contribution < 1.29 is 17.9 Å². The molecule has 0 fully saturated rings. The lowest BCUT2D eigenvalue weighted by Crippen LogP contribution is -2.17. The molecule has 140 valence electrons. The molecule has 0 amide bonds. The van der Waals surface area contributed by atoms with Crippen molar-refractivity contribution in [1.82, 2.24) is 19.9 Å². The maximum atomic E-state index is 12.5. The van der Waals surface area contributed by atoms with E-state index in [1.807, 2.05) is 24.3 Å². The fourth-order valence-electron chi connectivity index (χ4n) is 2.62. The van der Waals surface area contributed by atoms with Gasteiger partial charge in [-0.2, -0.15) is 0 Å². The number of hydrogen-bond acceptors (Lipinski definition) is 6. The molecule has 4 rings (SSSR count). The van der Waals surface area contributed by atoms with Crippen molar-refractivity contribution in [3.8, 4) is 17.1 Å². The van der Waals surface area contributed by atoms with Gasteiger partial charge in [-0.05, 0) is 24.3 Å². The molecule has 0 unspecified atom stereocenters. The van der Waals surface area contributed by atoms with E-state index in [1.165, 1.54) is 24.5 Å². The topological polar surface area (TPSA) is 72.8 Å². The van der Waals surface area contributed by atoms with Crippen LogP contribution >= 0.6 is 0 Å². The molecule has 1 N–H and O–H groups in total. The Hall–Kier alpha value is -3.75. The predicted molar refractivity (Wildman–Crippen MR) is 97.0 cm³/mol. The van der Waals surface area contributed by atoms with Crippen LogP contribution in [0.5, 0.6) is 5.75 Å². The zero-order chi connectivity index (χ0) is 19.6. The average molecular weight is 383 g/mol. The first-order valence-electron chi connectivity index (χ1n) is 8.13. The molecule has 0 saturated carbocycles. The van der Waals surface area contributed by atoms with E-state index in [1.54, 1.807) is 18.5 Å². The van der Waals surface area contributed by atoms with Crippen LogP contribution < -0.4 is 10.1 Å². The van der Waals surface area contributed by atoms with Gasteiger partial charge in [0.05, 0.1) is 11.1 Å². The van der Waals surface area contributed by atoms with E-state index in [0.717, 1.165) is 0 Å². The summed E-state index contributed by atoms with van der Waals surface area (Å²) in [6.45, 7) is 0. The molecule has 0 bridgehead atoms. The lowest BCUT2D eigenvalue weighted by Gasteiger charge is -2.13. The predicted octanol–water partition coefficient (Wildman–Crippen LogP) is 4.73. The zero-order valence-electron chi connectivity index (χ0n) is 14.2. The Balaban J connectivity index is 1.75. The number of fused-ring (bicyclic) bond motifs is 1. The summed E-state index contributed by atoms with van der Waals surface area (Å²) in [5.74, 6) is 0.505. The molecule has 0 saturated heterocycles. The molecule has 0 atom stereocenters. The summed E-state index contributed by atoms with van der Waals surface area (Å²) < 4.78 is 41.4. The van der Waals surface area contributed by atoms with E-state index < -0.39 is 6.36 Å². The fourth-order valence-corrected chi connectivity index (χ4v) is 2.62. The highest BCUT2D eigenvalue weighted by atomic mass is 19.4. The van der Waals surface area contributed by atoms with Crippen LogP contribution in [0.25, 0.3) is 22.3 Å². The number of aromatic nitrogens is 4. The summed E-state index contributed by atoms with van der Waals surface area (Å²) in [7, 11) is 0. The van der Waals surface area contributed by atoms with Crippen LogP contribution in [0.4, 0.5) is 24.7 Å². The van der Waals surface area contributed by atoms with E-state index in [9.17, 15) is 13.2 Å². The summed E-state index contributed by atoms with van der Waals surface area (Å²) in [5, 5.41) is 3.76. The van der Waals surface area contributed by atoms with E-state index in [4.69, 9.17) is 0 Å². The summed E-state index contributed by atoms with van der Waals surface area (Å²) in [4.78, 5) is 16.9. The number of benzene rings is 2. The largest absolute Gasteiger partial charge is 0.573 e. The minimum absolute atomic E-state index is 0.326. The second-order valence-electron chi connectivity index (χ2n) is 5.74. The Kier molecular flexibility index (Phi) is 4.48. The Morgan fingerprint density at radius 2 is 1.68 bits per heavy atom. The maximum Gasteiger partial charge on any atom is 0.573 e. The first kappa shape index (κ1) is 17.7. The quantitative estimate of drug-likeness (QED) is 0.549. The van der Waals surface area contributed by atoms with Gasteiger partial charge in [-0.15, -0.1) is 13.2 Å². The molecule has 4 aromatic rings. The Bertz CT molecular complexity index is 1120. The van der Waals surface area contributed by atoms with Gasteiger partial charge in [0, 0.05) is 29.5 Å². The lowest BCUT2D eigenvalue weighted by atomic mass is 10.2. The van der Waals surface area contributed by atoms with E-state index in [2.05, 4.69) is 30.0 Å². The number of para-hydroxylation sites is 1. The first-order valence-corrected chi connectivity index (χ1v) is 8.13. The number of hydrogen-bond donors (Lipinski definition) is 1. The van der Waals surface area contributed by atoms with Gasteiger partial charge in [0.15, 0.2) is 5.82 Å². The standard InChI is InChI=1S/C19H12F3N5O/c20-19(21,22)28-14-5-3-4-13(8-14)25-18-15-6-1-2-7-16(15)26-17(27-18)12-9-23-11-24-10-12/h1-11H,(H,25,26,27). The highest BCUT2D eigenvalue weighted by Gasteiger charge is 2.31. The minimum atomic E-state index is -4.76. The van der Waals surface area contributed by atoms with Gasteiger partial charge in [-0.1, -0.05) is 18.2 Å². The molecule has 2 aromatic carbocycles. The maximum absolute atomic E-state index is 12.5. The van der Waals surface area contributed by atoms with Crippen LogP contribution in [0.15, 0.2) is 67.3 Å². The molecular weight excluding hydrogens is 371 g/mol. The smallest absolute Gasteiger partial charge is 0.406 e. The molecule has 0 aliphatic heterocycles. The first-order chi connectivity index (χ1) is 13.5. The summed E-state index contributed by atoms with van der Waals surface area (Å²) >= 11 is 0. The Morgan fingerprint density at radius 1 is 0.893 bits per heavy atom. The van der Waals surface area contributed by atoms with Gasteiger partial charge >= 0.3 is 6.36 Å². The van der Waals surface area contributed by atoms with Crippen molar-refractivity contribution in [3.05, 3.63) is 67.3 Å². The monoisotopic (exact) mass is 383 g/mol. The molecule has 0 aliphatic rings. The molecule has 0 aliphatic carbocycles. The van der Waals surface area contributed by atoms with Crippen molar-refractivity contribution in [2.75, 3.05) is 5.32 Å². The average Bonchev–Trinajstić information content (AvgIpc) is 2.67. The summed E-state index contributed by atoms with van der Waals surface area (Å²) in [6.07, 6.45) is -0.200. The number of halogens is 3. The number of nitrogens with one attached hydrogen (secondary N) is 1. The van der Waals surface area contributed by atoms with E-state index in [0.29, 0.717) is 33.8 Å². The highest BCUT2D eigenvalue weighted by Crippen LogP contribution is 2.29. The molecule has 2 heterocycles. The zero-order valence-corrected chi connectivity index (χ0v) is 14.2. The summed E-state index contributed by atoms with van der Waals surface area (Å²) in [5.41, 5.74) is 1.67. The van der Waals surface area contributed by atoms with Crippen molar-refractivity contribution in [2.24, 2.45) is 0 Å². The highest BCUT2D eigenvalue weighted by molar-refractivity contribution is 5.92. The molecule has 28 heavy (non-hydrogen) atoms. The Labute approximate surface area is 157 Å². The van der Waals surface area contributed by atoms with Gasteiger partial charge in [-0.3, -0.25) is 0 Å². The van der Waals surface area contributed by atoms with Crippen LogP contribution in [0.1, 0.15) is 0 Å². The third-order valence-corrected chi connectivity index (χ3v) is 3.75. The van der Waals surface area contributed by atoms with Crippen molar-refractivity contribution in [3.63, 3.8) is 0 Å². The third kappa shape index (κ3) is 3.98. The van der Waals surface area contributed by atoms with E-state index in [-0.39, 0.29) is 5.75 Å². The Morgan fingerprint density at radius 3 is 2.46 bits per heavy atom. The van der Waals surface area contributed by atoms with E-state index >= 15 is 0 Å². The van der Waals surface area contributed by atoms with Gasteiger partial charge in [-0.25, -0.2) is 19.9 Å². The molecule has 0 spiro atoms. The molecule has 0 radical (unpaired) electrons. The number of anilines is 2. The number of ether oxygens (including phenoxy) is 1. The third-order valence-electron chi connectivity index (χ3n) is 3.75. The van der Waals surface area contributed by atoms with Crippen LogP contribution in [-0.4, -0.2) is 26.3 Å². The molecule has 6 nitrogen and oxygen atoms in total. The van der Waals surface area contributed by atoms with Crippen molar-refractivity contribution >= 4 is 22.4 Å². The van der Waals surface area contributed by atoms with Gasteiger partial charge in [0.25, 0.3) is 0 Å². The fraction of sp³-hybridized carbons (Fsp3) is 0.0526. The van der Waals surface area contributed by atoms with Crippen molar-refractivity contribution in [1.29, 1.82) is 0 Å². The second-order valence-corrected chi connectivity index (χ2v) is 5.74. The molecular formula is C19H12F3N5O. The van der Waals surface area contributed by atoms with Gasteiger partial charge in [0.2, 0.25) is 0 Å². The van der Waals surface area contributed by atoms with Crippen LogP contribution in [0, 0.1) is 0 Å². The summed E-state index contributed by atoms with van der Waals surface area (Å²) in [6, 6.07) is 12.8. The van der Waals surface area contributed by atoms with Crippen molar-refractivity contribution in [2.45, 2.75) is 6.36 Å². The normalized spacial score (nSPS) is 11.4. The van der Waals surface area contributed by atoms with Crippen LogP contribution in [0.2, 0.25) is 0 Å². The van der Waals surface area contributed by atoms with Gasteiger partial charge < -0.3 is 10.1 Å². The van der Waals surface area contributed by atoms with Crippen LogP contribution in [0.3, 0.4) is 0 Å². The molecule has 2 aromatic heterocycles. The van der Waals surface area contributed by atoms with Gasteiger partial charge in [0.1, 0.15) is 17.9 Å². The number of rotatable bonds is 4.